The molecule has 0 unspecified atom stereocenters. The lowest BCUT2D eigenvalue weighted by Gasteiger charge is -2.45. The van der Waals surface area contributed by atoms with Gasteiger partial charge in [-0.3, -0.25) is 19.3 Å². The van der Waals surface area contributed by atoms with E-state index in [4.69, 9.17) is 4.74 Å². The normalized spacial score (nSPS) is 17.9. The Morgan fingerprint density at radius 1 is 0.947 bits per heavy atom. The summed E-state index contributed by atoms with van der Waals surface area (Å²) in [5, 5.41) is 22.6. The molecule has 2 aliphatic heterocycles. The third-order valence-electron chi connectivity index (χ3n) is 7.96. The second-order valence-corrected chi connectivity index (χ2v) is 10.2. The predicted molar refractivity (Wildman–Crippen MR) is 139 cm³/mol. The van der Waals surface area contributed by atoms with Gasteiger partial charge in [0.2, 0.25) is 5.43 Å². The van der Waals surface area contributed by atoms with Crippen molar-refractivity contribution >= 4 is 11.9 Å². The smallest absolute Gasteiger partial charge is 0.341 e. The number of carbonyl (C=O) groups is 2. The van der Waals surface area contributed by atoms with Crippen molar-refractivity contribution < 1.29 is 24.5 Å². The Morgan fingerprint density at radius 2 is 1.55 bits per heavy atom. The highest BCUT2D eigenvalue weighted by Gasteiger charge is 2.40. The van der Waals surface area contributed by atoms with Crippen LogP contribution in [-0.2, 0) is 17.6 Å². The van der Waals surface area contributed by atoms with E-state index in [9.17, 15) is 24.6 Å². The molecule has 6 rings (SSSR count). The predicted octanol–water partition coefficient (Wildman–Crippen LogP) is 2.92. The van der Waals surface area contributed by atoms with E-state index in [1.165, 1.54) is 10.9 Å². The van der Waals surface area contributed by atoms with Crippen molar-refractivity contribution in [2.45, 2.75) is 31.7 Å². The van der Waals surface area contributed by atoms with Crippen molar-refractivity contribution in [1.82, 2.24) is 9.58 Å². The number of hydrogen-bond donors (Lipinski definition) is 2. The highest BCUT2D eigenvalue weighted by molar-refractivity contribution is 5.98. The van der Waals surface area contributed by atoms with E-state index in [1.54, 1.807) is 4.90 Å². The average molecular weight is 516 g/mol. The number of pyridine rings is 1. The van der Waals surface area contributed by atoms with Crippen LogP contribution in [0.5, 0.6) is 5.75 Å². The summed E-state index contributed by atoms with van der Waals surface area (Å²) in [4.78, 5) is 40.2. The number of hydrogen-bond acceptors (Lipinski definition) is 6. The molecular weight excluding hydrogens is 486 g/mol. The summed E-state index contributed by atoms with van der Waals surface area (Å²) in [5.74, 6) is -2.57. The molecule has 196 valence electrons. The van der Waals surface area contributed by atoms with Gasteiger partial charge in [0.25, 0.3) is 5.91 Å². The molecule has 0 radical (unpaired) electrons. The van der Waals surface area contributed by atoms with Crippen molar-refractivity contribution in [2.24, 2.45) is 5.92 Å². The number of aromatic hydroxyl groups is 1. The molecule has 1 saturated heterocycles. The monoisotopic (exact) mass is 515 g/mol. The van der Waals surface area contributed by atoms with Crippen molar-refractivity contribution in [1.29, 1.82) is 0 Å². The molecule has 9 heteroatoms. The third kappa shape index (κ3) is 4.03. The summed E-state index contributed by atoms with van der Waals surface area (Å²) in [6.07, 6.45) is 4.49. The molecule has 1 aromatic heterocycles. The Balaban J connectivity index is 1.56. The summed E-state index contributed by atoms with van der Waals surface area (Å²) in [6.45, 7) is 1.87. The molecule has 3 aromatic rings. The number of ether oxygens (including phenoxy) is 1. The first kappa shape index (κ1) is 24.2. The Morgan fingerprint density at radius 3 is 2.16 bits per heavy atom. The van der Waals surface area contributed by atoms with Gasteiger partial charge in [0, 0.05) is 26.0 Å². The van der Waals surface area contributed by atoms with Gasteiger partial charge in [0.05, 0.1) is 6.04 Å². The zero-order valence-electron chi connectivity index (χ0n) is 20.9. The van der Waals surface area contributed by atoms with E-state index in [1.807, 2.05) is 29.3 Å². The number of aryl methyl sites for hydroxylation is 2. The topological polar surface area (TPSA) is 112 Å². The minimum Gasteiger partial charge on any atom is -0.502 e. The van der Waals surface area contributed by atoms with Gasteiger partial charge in [-0.15, -0.1) is 0 Å². The molecular formula is C29H29N3O6. The van der Waals surface area contributed by atoms with Gasteiger partial charge in [-0.25, -0.2) is 4.79 Å². The molecule has 3 aliphatic rings. The number of benzene rings is 2. The van der Waals surface area contributed by atoms with E-state index >= 15 is 0 Å². The Bertz CT molecular complexity index is 1430. The highest BCUT2D eigenvalue weighted by atomic mass is 16.5. The summed E-state index contributed by atoms with van der Waals surface area (Å²) < 4.78 is 6.89. The number of aromatic nitrogens is 1. The number of amides is 1. The summed E-state index contributed by atoms with van der Waals surface area (Å²) in [7, 11) is 0. The summed E-state index contributed by atoms with van der Waals surface area (Å²) >= 11 is 0. The largest absolute Gasteiger partial charge is 0.502 e. The van der Waals surface area contributed by atoms with Gasteiger partial charge >= 0.3 is 5.97 Å². The molecule has 38 heavy (non-hydrogen) atoms. The lowest BCUT2D eigenvalue weighted by atomic mass is 9.93. The standard InChI is InChI=1S/C29H29N3O6/c33-26-23(29(36)37)16-31-25(27(26)34)28(35)30(15-18-11-13-38-14-12-18)17-32(31)24-21-7-3-1-5-19(21)9-10-20-6-2-4-8-22(20)24/h1-8,16,18,24,34H,9-15,17H2,(H,36,37). The minimum absolute atomic E-state index is 0.165. The molecule has 9 nitrogen and oxygen atoms in total. The maximum atomic E-state index is 13.7. The first-order valence-electron chi connectivity index (χ1n) is 13.0. The lowest BCUT2D eigenvalue weighted by molar-refractivity contribution is 0.0408. The SMILES string of the molecule is O=C(O)c1cn2c(c(O)c1=O)C(=O)N(CC1CCOCC1)CN2C1c2ccccc2CCc2ccccc21. The molecule has 2 N–H and O–H groups in total. The van der Waals surface area contributed by atoms with Crippen LogP contribution >= 0.6 is 0 Å². The minimum atomic E-state index is -1.46. The molecule has 0 atom stereocenters. The maximum Gasteiger partial charge on any atom is 0.341 e. The van der Waals surface area contributed by atoms with Crippen LogP contribution in [0.25, 0.3) is 0 Å². The molecule has 3 heterocycles. The summed E-state index contributed by atoms with van der Waals surface area (Å²) in [5.41, 5.74) is 2.54. The zero-order valence-corrected chi connectivity index (χ0v) is 20.9. The highest BCUT2D eigenvalue weighted by Crippen LogP contribution is 2.38. The number of carbonyl (C=O) groups excluding carboxylic acids is 1. The van der Waals surface area contributed by atoms with Crippen LogP contribution in [0.2, 0.25) is 0 Å². The van der Waals surface area contributed by atoms with Gasteiger partial charge < -0.3 is 19.8 Å². The summed E-state index contributed by atoms with van der Waals surface area (Å²) in [6, 6.07) is 15.9. The van der Waals surface area contributed by atoms with E-state index in [2.05, 4.69) is 24.3 Å². The molecule has 0 spiro atoms. The first-order valence-corrected chi connectivity index (χ1v) is 13.0. The fourth-order valence-electron chi connectivity index (χ4n) is 6.00. The van der Waals surface area contributed by atoms with E-state index in [0.29, 0.717) is 19.8 Å². The van der Waals surface area contributed by atoms with Gasteiger partial charge in [0.15, 0.2) is 11.4 Å². The molecule has 2 aromatic carbocycles. The van der Waals surface area contributed by atoms with Crippen molar-refractivity contribution in [3.05, 3.63) is 98.5 Å². The van der Waals surface area contributed by atoms with Crippen molar-refractivity contribution in [3.63, 3.8) is 0 Å². The Kier molecular flexibility index (Phi) is 6.15. The molecule has 0 saturated carbocycles. The van der Waals surface area contributed by atoms with Crippen LogP contribution < -0.4 is 10.4 Å². The van der Waals surface area contributed by atoms with E-state index in [-0.39, 0.29) is 24.3 Å². The number of carboxylic acid groups (broad SMARTS) is 1. The van der Waals surface area contributed by atoms with Gasteiger partial charge in [-0.1, -0.05) is 48.5 Å². The van der Waals surface area contributed by atoms with Gasteiger partial charge in [-0.05, 0) is 53.9 Å². The van der Waals surface area contributed by atoms with Crippen LogP contribution in [0.15, 0.2) is 59.5 Å². The average Bonchev–Trinajstić information content (AvgIpc) is 3.09. The van der Waals surface area contributed by atoms with Crippen molar-refractivity contribution in [3.8, 4) is 5.75 Å². The van der Waals surface area contributed by atoms with Crippen LogP contribution in [0.1, 0.15) is 62.0 Å². The Labute approximate surface area is 219 Å². The molecule has 1 amide bonds. The number of nitrogens with zero attached hydrogens (tertiary/aromatic N) is 3. The van der Waals surface area contributed by atoms with E-state index < -0.39 is 28.6 Å². The van der Waals surface area contributed by atoms with Crippen LogP contribution in [-0.4, -0.2) is 58.1 Å². The first-order chi connectivity index (χ1) is 18.4. The maximum absolute atomic E-state index is 13.7. The number of carboxylic acids is 1. The third-order valence-corrected chi connectivity index (χ3v) is 7.96. The number of fused-ring (bicyclic) bond motifs is 3. The molecule has 0 bridgehead atoms. The van der Waals surface area contributed by atoms with E-state index in [0.717, 1.165) is 47.9 Å². The fourth-order valence-corrected chi connectivity index (χ4v) is 6.00. The van der Waals surface area contributed by atoms with Crippen LogP contribution in [0, 0.1) is 5.92 Å². The van der Waals surface area contributed by atoms with Gasteiger partial charge in [0.1, 0.15) is 12.2 Å². The fraction of sp³-hybridized carbons (Fsp3) is 0.345. The second-order valence-electron chi connectivity index (χ2n) is 10.2. The van der Waals surface area contributed by atoms with Crippen LogP contribution in [0.3, 0.4) is 0 Å². The number of rotatable bonds is 4. The lowest BCUT2D eigenvalue weighted by Crippen LogP contribution is -2.57. The Hall–Kier alpha value is -4.11. The van der Waals surface area contributed by atoms with Gasteiger partial charge in [-0.2, -0.15) is 0 Å². The quantitative estimate of drug-likeness (QED) is 0.550. The van der Waals surface area contributed by atoms with Crippen LogP contribution in [0.4, 0.5) is 0 Å². The second kappa shape index (κ2) is 9.64. The number of aromatic carboxylic acids is 1. The molecule has 1 aliphatic carbocycles. The zero-order chi connectivity index (χ0) is 26.4. The van der Waals surface area contributed by atoms with Crippen molar-refractivity contribution in [2.75, 3.05) is 31.4 Å². The molecule has 1 fully saturated rings.